The second-order valence-electron chi connectivity index (χ2n) is 5.81. The molecule has 0 aliphatic rings. The van der Waals surface area contributed by atoms with Gasteiger partial charge in [-0.2, -0.15) is 0 Å². The maximum atomic E-state index is 12.2. The van der Waals surface area contributed by atoms with Gasteiger partial charge in [-0.3, -0.25) is 4.79 Å². The summed E-state index contributed by atoms with van der Waals surface area (Å²) < 4.78 is 1.71. The monoisotopic (exact) mass is 353 g/mol. The molecule has 23 heavy (non-hydrogen) atoms. The topological polar surface area (TPSA) is 72.7 Å². The fourth-order valence-electron chi connectivity index (χ4n) is 2.14. The quantitative estimate of drug-likeness (QED) is 0.806. The number of rotatable bonds is 6. The van der Waals surface area contributed by atoms with Crippen molar-refractivity contribution in [2.24, 2.45) is 5.92 Å². The van der Waals surface area contributed by atoms with Gasteiger partial charge in [0.05, 0.1) is 16.5 Å². The lowest BCUT2D eigenvalue weighted by molar-refractivity contribution is -0.113. The summed E-state index contributed by atoms with van der Waals surface area (Å²) in [5.41, 5.74) is 2.66. The summed E-state index contributed by atoms with van der Waals surface area (Å²) in [6.07, 6.45) is 0. The molecule has 124 valence electrons. The Balaban J connectivity index is 1.97. The van der Waals surface area contributed by atoms with Gasteiger partial charge >= 0.3 is 0 Å². The number of carbonyl (C=O) groups excluding carboxylic acids is 1. The fraction of sp³-hybridized carbons (Fsp3) is 0.467. The number of benzene rings is 1. The van der Waals surface area contributed by atoms with Crippen molar-refractivity contribution >= 4 is 35.0 Å². The first-order valence-electron chi connectivity index (χ1n) is 7.32. The van der Waals surface area contributed by atoms with Crippen molar-refractivity contribution in [3.8, 4) is 0 Å². The fourth-order valence-corrected chi connectivity index (χ4v) is 3.20. The zero-order valence-electron chi connectivity index (χ0n) is 13.6. The molecule has 0 aliphatic carbocycles. The first kappa shape index (κ1) is 17.7. The van der Waals surface area contributed by atoms with Gasteiger partial charge in [0, 0.05) is 6.54 Å². The molecule has 0 unspecified atom stereocenters. The number of hydrogen-bond donors (Lipinski definition) is 1. The van der Waals surface area contributed by atoms with Gasteiger partial charge in [-0.25, -0.2) is 4.68 Å². The number of halogens is 1. The first-order valence-corrected chi connectivity index (χ1v) is 8.68. The number of thioether (sulfide) groups is 1. The summed E-state index contributed by atoms with van der Waals surface area (Å²) in [7, 11) is 0. The molecule has 2 aromatic rings. The van der Waals surface area contributed by atoms with Crippen LogP contribution in [0.15, 0.2) is 17.3 Å². The molecule has 1 heterocycles. The van der Waals surface area contributed by atoms with E-state index < -0.39 is 0 Å². The van der Waals surface area contributed by atoms with E-state index in [9.17, 15) is 4.79 Å². The van der Waals surface area contributed by atoms with Gasteiger partial charge in [0.15, 0.2) is 0 Å². The molecular weight excluding hydrogens is 334 g/mol. The Morgan fingerprint density at radius 3 is 2.78 bits per heavy atom. The summed E-state index contributed by atoms with van der Waals surface area (Å²) >= 11 is 7.51. The van der Waals surface area contributed by atoms with Gasteiger partial charge in [-0.15, -0.1) is 5.10 Å². The predicted octanol–water partition coefficient (Wildman–Crippen LogP) is 3.33. The average molecular weight is 354 g/mol. The van der Waals surface area contributed by atoms with Crippen molar-refractivity contribution in [2.75, 3.05) is 11.1 Å². The van der Waals surface area contributed by atoms with E-state index in [4.69, 9.17) is 11.6 Å². The molecule has 0 saturated carbocycles. The van der Waals surface area contributed by atoms with E-state index in [-0.39, 0.29) is 11.7 Å². The second kappa shape index (κ2) is 7.79. The van der Waals surface area contributed by atoms with Crippen LogP contribution in [0.2, 0.25) is 5.02 Å². The van der Waals surface area contributed by atoms with E-state index in [1.807, 2.05) is 26.0 Å². The van der Waals surface area contributed by atoms with Crippen molar-refractivity contribution < 1.29 is 4.79 Å². The van der Waals surface area contributed by atoms with Crippen LogP contribution in [-0.2, 0) is 11.3 Å². The number of hydrogen-bond acceptors (Lipinski definition) is 5. The van der Waals surface area contributed by atoms with Crippen molar-refractivity contribution in [3.63, 3.8) is 0 Å². The molecule has 1 N–H and O–H groups in total. The number of aryl methyl sites for hydroxylation is 2. The number of aromatic nitrogens is 4. The van der Waals surface area contributed by atoms with Crippen LogP contribution in [0.5, 0.6) is 0 Å². The summed E-state index contributed by atoms with van der Waals surface area (Å²) in [5, 5.41) is 15.6. The smallest absolute Gasteiger partial charge is 0.234 e. The van der Waals surface area contributed by atoms with Gasteiger partial charge in [0.1, 0.15) is 0 Å². The van der Waals surface area contributed by atoms with Crippen LogP contribution >= 0.6 is 23.4 Å². The lowest BCUT2D eigenvalue weighted by Gasteiger charge is -2.11. The molecule has 2 rings (SSSR count). The van der Waals surface area contributed by atoms with Crippen LogP contribution in [0, 0.1) is 19.8 Å². The highest BCUT2D eigenvalue weighted by Gasteiger charge is 2.13. The third-order valence-corrected chi connectivity index (χ3v) is 4.32. The largest absolute Gasteiger partial charge is 0.324 e. The second-order valence-corrected chi connectivity index (χ2v) is 7.16. The van der Waals surface area contributed by atoms with Crippen LogP contribution < -0.4 is 5.32 Å². The van der Waals surface area contributed by atoms with Gasteiger partial charge in [-0.05, 0) is 47.4 Å². The highest BCUT2D eigenvalue weighted by atomic mass is 35.5. The van der Waals surface area contributed by atoms with E-state index in [0.29, 0.717) is 21.8 Å². The zero-order valence-corrected chi connectivity index (χ0v) is 15.2. The molecule has 6 nitrogen and oxygen atoms in total. The minimum atomic E-state index is -0.136. The van der Waals surface area contributed by atoms with Gasteiger partial charge in [-0.1, -0.05) is 43.3 Å². The van der Waals surface area contributed by atoms with Crippen LogP contribution in [0.1, 0.15) is 25.0 Å². The lowest BCUT2D eigenvalue weighted by atomic mass is 10.1. The Labute approximate surface area is 145 Å². The maximum absolute atomic E-state index is 12.2. The molecule has 0 saturated heterocycles. The first-order chi connectivity index (χ1) is 10.9. The average Bonchev–Trinajstić information content (AvgIpc) is 2.87. The third kappa shape index (κ3) is 4.94. The molecule has 0 aliphatic heterocycles. The maximum Gasteiger partial charge on any atom is 0.234 e. The van der Waals surface area contributed by atoms with Crippen LogP contribution in [0.3, 0.4) is 0 Å². The van der Waals surface area contributed by atoms with E-state index in [0.717, 1.165) is 17.7 Å². The summed E-state index contributed by atoms with van der Waals surface area (Å²) in [5.74, 6) is 0.519. The molecule has 0 atom stereocenters. The van der Waals surface area contributed by atoms with Crippen LogP contribution in [-0.4, -0.2) is 31.9 Å². The number of carbonyl (C=O) groups is 1. The zero-order chi connectivity index (χ0) is 17.0. The highest BCUT2D eigenvalue weighted by molar-refractivity contribution is 7.99. The molecular formula is C15H20ClN5OS. The molecule has 8 heteroatoms. The SMILES string of the molecule is Cc1cc(C)c(NC(=O)CSc2nnnn2CC(C)C)c(Cl)c1. The Bertz CT molecular complexity index is 678. The molecule has 0 radical (unpaired) electrons. The van der Waals surface area contributed by atoms with Crippen molar-refractivity contribution in [1.82, 2.24) is 20.2 Å². The van der Waals surface area contributed by atoms with E-state index in [1.54, 1.807) is 4.68 Å². The summed E-state index contributed by atoms with van der Waals surface area (Å²) in [6, 6.07) is 3.82. The number of tetrazole rings is 1. The highest BCUT2D eigenvalue weighted by Crippen LogP contribution is 2.27. The summed E-state index contributed by atoms with van der Waals surface area (Å²) in [4.78, 5) is 12.2. The molecule has 0 spiro atoms. The number of amides is 1. The molecule has 0 fully saturated rings. The summed E-state index contributed by atoms with van der Waals surface area (Å²) in [6.45, 7) is 8.79. The lowest BCUT2D eigenvalue weighted by Crippen LogP contribution is -2.16. The van der Waals surface area contributed by atoms with E-state index in [2.05, 4.69) is 34.7 Å². The predicted molar refractivity (Wildman–Crippen MR) is 92.9 cm³/mol. The van der Waals surface area contributed by atoms with Crippen LogP contribution in [0.25, 0.3) is 0 Å². The number of anilines is 1. The molecule has 1 aromatic heterocycles. The minimum Gasteiger partial charge on any atom is -0.324 e. The standard InChI is InChI=1S/C15H20ClN5OS/c1-9(2)7-21-15(18-19-20-21)23-8-13(22)17-14-11(4)5-10(3)6-12(14)16/h5-6,9H,7-8H2,1-4H3,(H,17,22). The van der Waals surface area contributed by atoms with Crippen molar-refractivity contribution in [1.29, 1.82) is 0 Å². The minimum absolute atomic E-state index is 0.136. The Morgan fingerprint density at radius 1 is 1.39 bits per heavy atom. The molecule has 0 bridgehead atoms. The van der Waals surface area contributed by atoms with Gasteiger partial charge in [0.25, 0.3) is 0 Å². The van der Waals surface area contributed by atoms with E-state index in [1.165, 1.54) is 11.8 Å². The Morgan fingerprint density at radius 2 is 2.13 bits per heavy atom. The Kier molecular flexibility index (Phi) is 6.01. The number of nitrogens with zero attached hydrogens (tertiary/aromatic N) is 4. The van der Waals surface area contributed by atoms with Crippen molar-refractivity contribution in [3.05, 3.63) is 28.3 Å². The van der Waals surface area contributed by atoms with E-state index >= 15 is 0 Å². The number of nitrogens with one attached hydrogen (secondary N) is 1. The normalized spacial score (nSPS) is 11.0. The molecule has 1 amide bonds. The van der Waals surface area contributed by atoms with Crippen LogP contribution in [0.4, 0.5) is 5.69 Å². The van der Waals surface area contributed by atoms with Gasteiger partial charge < -0.3 is 5.32 Å². The van der Waals surface area contributed by atoms with Crippen molar-refractivity contribution in [2.45, 2.75) is 39.4 Å². The third-order valence-electron chi connectivity index (χ3n) is 3.07. The van der Waals surface area contributed by atoms with Gasteiger partial charge in [0.2, 0.25) is 11.1 Å². The molecule has 1 aromatic carbocycles. The Hall–Kier alpha value is -1.60.